The van der Waals surface area contributed by atoms with Gasteiger partial charge in [0, 0.05) is 18.2 Å². The summed E-state index contributed by atoms with van der Waals surface area (Å²) in [6.07, 6.45) is 2.06. The molecule has 1 heterocycles. The van der Waals surface area contributed by atoms with E-state index in [9.17, 15) is 0 Å². The van der Waals surface area contributed by atoms with E-state index in [1.807, 2.05) is 24.3 Å². The maximum atomic E-state index is 2.12. The van der Waals surface area contributed by atoms with Crippen LogP contribution in [0.2, 0.25) is 0 Å². The predicted octanol–water partition coefficient (Wildman–Crippen LogP) is 2.02. The molecule has 11 heavy (non-hydrogen) atoms. The monoisotopic (exact) mass is 162 g/mol. The summed E-state index contributed by atoms with van der Waals surface area (Å²) >= 11 is 1.69. The summed E-state index contributed by atoms with van der Waals surface area (Å²) in [6, 6.07) is 12.3. The van der Waals surface area contributed by atoms with Crippen molar-refractivity contribution in [1.29, 1.82) is 0 Å². The van der Waals surface area contributed by atoms with Crippen molar-refractivity contribution in [3.63, 3.8) is 0 Å². The lowest BCUT2D eigenvalue weighted by Crippen LogP contribution is -2.22. The van der Waals surface area contributed by atoms with E-state index in [1.54, 1.807) is 11.5 Å². The van der Waals surface area contributed by atoms with E-state index < -0.39 is 0 Å². The summed E-state index contributed by atoms with van der Waals surface area (Å²) in [5.41, 5.74) is 1.22. The number of rotatable bonds is 1. The zero-order chi connectivity index (χ0) is 7.52. The summed E-state index contributed by atoms with van der Waals surface area (Å²) in [4.78, 5) is 0. The van der Waals surface area contributed by atoms with Crippen LogP contribution in [0.3, 0.4) is 0 Å². The molecule has 0 aliphatic rings. The minimum atomic E-state index is 1.22. The first-order chi connectivity index (χ1) is 5.47. The third-order valence-electron chi connectivity index (χ3n) is 1.49. The topological polar surface area (TPSA) is 3.88 Å². The lowest BCUT2D eigenvalue weighted by molar-refractivity contribution is -0.519. The Bertz CT molecular complexity index is 313. The Morgan fingerprint density at radius 2 is 1.82 bits per heavy atom. The van der Waals surface area contributed by atoms with Crippen LogP contribution in [0.15, 0.2) is 48.0 Å². The number of nitrogens with zero attached hydrogens (tertiary/aromatic N) is 1. The molecule has 1 aromatic carbocycles. The van der Waals surface area contributed by atoms with Crippen molar-refractivity contribution in [3.8, 4) is 5.69 Å². The molecular formula is C9H8NS+. The molecule has 2 heteroatoms. The first-order valence-corrected chi connectivity index (χ1v) is 4.31. The minimum Gasteiger partial charge on any atom is -0.103 e. The van der Waals surface area contributed by atoms with Gasteiger partial charge in [-0.3, -0.25) is 0 Å². The van der Waals surface area contributed by atoms with Gasteiger partial charge in [-0.15, -0.1) is 3.96 Å². The Hall–Kier alpha value is -1.15. The van der Waals surface area contributed by atoms with Gasteiger partial charge < -0.3 is 0 Å². The standard InChI is InChI=1S/C9H8NS/c1-2-5-9(6-3-1)10-7-4-8-11-10/h1-8H/q+1. The maximum Gasteiger partial charge on any atom is 0.224 e. The average Bonchev–Trinajstić information content (AvgIpc) is 2.58. The molecule has 0 saturated carbocycles. The molecular weight excluding hydrogens is 154 g/mol. The second-order valence-electron chi connectivity index (χ2n) is 2.24. The van der Waals surface area contributed by atoms with Crippen molar-refractivity contribution >= 4 is 11.5 Å². The van der Waals surface area contributed by atoms with Crippen molar-refractivity contribution in [2.75, 3.05) is 0 Å². The predicted molar refractivity (Wildman–Crippen MR) is 45.9 cm³/mol. The molecule has 1 aromatic heterocycles. The van der Waals surface area contributed by atoms with E-state index in [0.29, 0.717) is 0 Å². The molecule has 0 aliphatic heterocycles. The fourth-order valence-corrected chi connectivity index (χ4v) is 1.63. The van der Waals surface area contributed by atoms with Gasteiger partial charge in [-0.05, 0) is 0 Å². The van der Waals surface area contributed by atoms with E-state index >= 15 is 0 Å². The summed E-state index contributed by atoms with van der Waals surface area (Å²) in [5, 5.41) is 2.06. The molecule has 0 atom stereocenters. The van der Waals surface area contributed by atoms with Crippen molar-refractivity contribution in [3.05, 3.63) is 48.0 Å². The van der Waals surface area contributed by atoms with Crippen molar-refractivity contribution in [1.82, 2.24) is 0 Å². The Morgan fingerprint density at radius 1 is 1.00 bits per heavy atom. The fourth-order valence-electron chi connectivity index (χ4n) is 0.971. The molecule has 54 valence electrons. The average molecular weight is 162 g/mol. The third kappa shape index (κ3) is 1.30. The smallest absolute Gasteiger partial charge is 0.103 e. The van der Waals surface area contributed by atoms with E-state index in [0.717, 1.165) is 0 Å². The molecule has 0 saturated heterocycles. The highest BCUT2D eigenvalue weighted by molar-refractivity contribution is 6.99. The summed E-state index contributed by atoms with van der Waals surface area (Å²) < 4.78 is 2.12. The van der Waals surface area contributed by atoms with Gasteiger partial charge in [-0.2, -0.15) is 0 Å². The van der Waals surface area contributed by atoms with Gasteiger partial charge >= 0.3 is 0 Å². The molecule has 0 amide bonds. The van der Waals surface area contributed by atoms with Gasteiger partial charge in [0.2, 0.25) is 5.69 Å². The van der Waals surface area contributed by atoms with Crippen LogP contribution in [-0.4, -0.2) is 0 Å². The van der Waals surface area contributed by atoms with E-state index in [-0.39, 0.29) is 0 Å². The second-order valence-corrected chi connectivity index (χ2v) is 3.12. The number of hydrogen-bond acceptors (Lipinski definition) is 1. The van der Waals surface area contributed by atoms with Crippen molar-refractivity contribution in [2.24, 2.45) is 0 Å². The van der Waals surface area contributed by atoms with Crippen LogP contribution in [0.5, 0.6) is 0 Å². The van der Waals surface area contributed by atoms with E-state index in [2.05, 4.69) is 27.7 Å². The summed E-state index contributed by atoms with van der Waals surface area (Å²) in [6.45, 7) is 0. The highest BCUT2D eigenvalue weighted by atomic mass is 32.1. The summed E-state index contributed by atoms with van der Waals surface area (Å²) in [7, 11) is 0. The Kier molecular flexibility index (Phi) is 1.69. The van der Waals surface area contributed by atoms with Crippen LogP contribution in [0.1, 0.15) is 0 Å². The SMILES string of the molecule is c1ccc(-[n+]2cccs2)cc1. The Morgan fingerprint density at radius 3 is 2.45 bits per heavy atom. The fraction of sp³-hybridized carbons (Fsp3) is 0. The first kappa shape index (κ1) is 6.55. The van der Waals surface area contributed by atoms with Gasteiger partial charge in [-0.25, -0.2) is 0 Å². The molecule has 0 N–H and O–H groups in total. The van der Waals surface area contributed by atoms with Crippen LogP contribution < -0.4 is 3.96 Å². The largest absolute Gasteiger partial charge is 0.224 e. The highest BCUT2D eigenvalue weighted by Crippen LogP contribution is 1.99. The number of para-hydroxylation sites is 1. The molecule has 1 nitrogen and oxygen atoms in total. The zero-order valence-electron chi connectivity index (χ0n) is 5.97. The Labute approximate surface area is 69.7 Å². The number of aromatic nitrogens is 1. The minimum absolute atomic E-state index is 1.22. The highest BCUT2D eigenvalue weighted by Gasteiger charge is 2.02. The molecule has 2 aromatic rings. The quantitative estimate of drug-likeness (QED) is 0.565. The van der Waals surface area contributed by atoms with Crippen LogP contribution in [0.4, 0.5) is 0 Å². The lowest BCUT2D eigenvalue weighted by atomic mass is 10.3. The van der Waals surface area contributed by atoms with Crippen molar-refractivity contribution in [2.45, 2.75) is 0 Å². The summed E-state index contributed by atoms with van der Waals surface area (Å²) in [5.74, 6) is 0. The maximum absolute atomic E-state index is 2.12. The van der Waals surface area contributed by atoms with Gasteiger partial charge in [0.25, 0.3) is 0 Å². The van der Waals surface area contributed by atoms with Gasteiger partial charge in [0.15, 0.2) is 6.20 Å². The van der Waals surface area contributed by atoms with Crippen LogP contribution in [0, 0.1) is 0 Å². The molecule has 2 rings (SSSR count). The van der Waals surface area contributed by atoms with Gasteiger partial charge in [-0.1, -0.05) is 18.2 Å². The molecule has 0 bridgehead atoms. The number of hydrogen-bond donors (Lipinski definition) is 0. The molecule has 0 unspecified atom stereocenters. The zero-order valence-corrected chi connectivity index (χ0v) is 6.79. The van der Waals surface area contributed by atoms with Crippen LogP contribution in [0.25, 0.3) is 5.69 Å². The third-order valence-corrected chi connectivity index (χ3v) is 2.32. The van der Waals surface area contributed by atoms with Crippen molar-refractivity contribution < 1.29 is 3.96 Å². The van der Waals surface area contributed by atoms with Crippen LogP contribution >= 0.6 is 11.5 Å². The second kappa shape index (κ2) is 2.84. The molecule has 0 spiro atoms. The van der Waals surface area contributed by atoms with E-state index in [4.69, 9.17) is 0 Å². The number of benzene rings is 1. The normalized spacial score (nSPS) is 9.82. The lowest BCUT2D eigenvalue weighted by Gasteiger charge is -1.85. The first-order valence-electron chi connectivity index (χ1n) is 3.48. The van der Waals surface area contributed by atoms with Crippen LogP contribution in [-0.2, 0) is 0 Å². The van der Waals surface area contributed by atoms with E-state index in [1.165, 1.54) is 5.69 Å². The van der Waals surface area contributed by atoms with Gasteiger partial charge in [0.05, 0.1) is 5.38 Å². The molecule has 0 fully saturated rings. The molecule has 0 radical (unpaired) electrons. The van der Waals surface area contributed by atoms with Gasteiger partial charge in [0.1, 0.15) is 11.5 Å². The molecule has 0 aliphatic carbocycles. The Balaban J connectivity index is 2.46.